The summed E-state index contributed by atoms with van der Waals surface area (Å²) in [6.07, 6.45) is 1.12. The monoisotopic (exact) mass is 264 g/mol. The molecule has 0 aliphatic heterocycles. The van der Waals surface area contributed by atoms with E-state index >= 15 is 0 Å². The molecule has 0 aliphatic carbocycles. The molecule has 1 aromatic carbocycles. The van der Waals surface area contributed by atoms with Crippen molar-refractivity contribution in [2.45, 2.75) is 34.1 Å². The Kier molecular flexibility index (Phi) is 5.67. The second kappa shape index (κ2) is 6.80. The van der Waals surface area contributed by atoms with Crippen LogP contribution < -0.4 is 15.4 Å². The predicted octanol–water partition coefficient (Wildman–Crippen LogP) is 3.04. The summed E-state index contributed by atoms with van der Waals surface area (Å²) in [6.45, 7) is 10.4. The van der Waals surface area contributed by atoms with Gasteiger partial charge >= 0.3 is 0 Å². The zero-order valence-electron chi connectivity index (χ0n) is 13.2. The van der Waals surface area contributed by atoms with E-state index in [1.165, 1.54) is 22.4 Å². The van der Waals surface area contributed by atoms with Crippen LogP contribution in [0.5, 0.6) is 5.75 Å². The quantitative estimate of drug-likeness (QED) is 0.858. The van der Waals surface area contributed by atoms with Crippen molar-refractivity contribution in [1.29, 1.82) is 0 Å². The average Bonchev–Trinajstić information content (AvgIpc) is 2.40. The largest absolute Gasteiger partial charge is 0.496 e. The Hall–Kier alpha value is -1.22. The maximum Gasteiger partial charge on any atom is 0.122 e. The van der Waals surface area contributed by atoms with Crippen LogP contribution in [-0.2, 0) is 0 Å². The molecule has 1 rings (SSSR count). The van der Waals surface area contributed by atoms with Crippen molar-refractivity contribution < 1.29 is 4.74 Å². The molecule has 0 spiro atoms. The normalized spacial score (nSPS) is 12.4. The fourth-order valence-corrected chi connectivity index (χ4v) is 2.47. The van der Waals surface area contributed by atoms with Gasteiger partial charge in [-0.1, -0.05) is 6.92 Å². The SMILES string of the molecule is COc1cc(C)c(N(C)CCC(C)CN)c(C)c1C. The lowest BCUT2D eigenvalue weighted by molar-refractivity contribution is 0.411. The Morgan fingerprint density at radius 2 is 1.89 bits per heavy atom. The fourth-order valence-electron chi connectivity index (χ4n) is 2.47. The molecule has 3 nitrogen and oxygen atoms in total. The number of aryl methyl sites for hydroxylation is 1. The van der Waals surface area contributed by atoms with Crippen molar-refractivity contribution in [3.05, 3.63) is 22.8 Å². The van der Waals surface area contributed by atoms with Gasteiger partial charge in [-0.15, -0.1) is 0 Å². The summed E-state index contributed by atoms with van der Waals surface area (Å²) >= 11 is 0. The van der Waals surface area contributed by atoms with Crippen LogP contribution in [0, 0.1) is 26.7 Å². The van der Waals surface area contributed by atoms with Crippen LogP contribution in [-0.4, -0.2) is 27.2 Å². The minimum Gasteiger partial charge on any atom is -0.496 e. The van der Waals surface area contributed by atoms with Crippen LogP contribution in [0.4, 0.5) is 5.69 Å². The van der Waals surface area contributed by atoms with Crippen molar-refractivity contribution in [3.63, 3.8) is 0 Å². The Morgan fingerprint density at radius 3 is 2.42 bits per heavy atom. The van der Waals surface area contributed by atoms with E-state index in [9.17, 15) is 0 Å². The molecule has 1 unspecified atom stereocenters. The molecule has 1 aromatic rings. The molecule has 0 amide bonds. The lowest BCUT2D eigenvalue weighted by Crippen LogP contribution is -2.24. The van der Waals surface area contributed by atoms with E-state index in [0.717, 1.165) is 25.3 Å². The van der Waals surface area contributed by atoms with E-state index in [-0.39, 0.29) is 0 Å². The minimum absolute atomic E-state index is 0.572. The third-order valence-electron chi connectivity index (χ3n) is 3.97. The maximum absolute atomic E-state index is 5.68. The van der Waals surface area contributed by atoms with Gasteiger partial charge in [-0.25, -0.2) is 0 Å². The number of benzene rings is 1. The van der Waals surface area contributed by atoms with Gasteiger partial charge in [0, 0.05) is 19.3 Å². The molecule has 0 bridgehead atoms. The van der Waals surface area contributed by atoms with Crippen LogP contribution in [0.15, 0.2) is 6.07 Å². The van der Waals surface area contributed by atoms with Crippen molar-refractivity contribution >= 4 is 5.69 Å². The standard InChI is InChI=1S/C16H28N2O/c1-11(10-17)7-8-18(5)16-12(2)9-15(19-6)13(3)14(16)4/h9,11H,7-8,10,17H2,1-6H3. The second-order valence-electron chi connectivity index (χ2n) is 5.55. The first-order valence-electron chi connectivity index (χ1n) is 6.98. The lowest BCUT2D eigenvalue weighted by Gasteiger charge is -2.26. The van der Waals surface area contributed by atoms with Gasteiger partial charge in [-0.3, -0.25) is 0 Å². The van der Waals surface area contributed by atoms with Crippen LogP contribution >= 0.6 is 0 Å². The van der Waals surface area contributed by atoms with Gasteiger partial charge in [0.1, 0.15) is 5.75 Å². The minimum atomic E-state index is 0.572. The molecule has 3 heteroatoms. The average molecular weight is 264 g/mol. The first kappa shape index (κ1) is 15.8. The number of hydrogen-bond donors (Lipinski definition) is 1. The molecule has 0 saturated carbocycles. The molecular weight excluding hydrogens is 236 g/mol. The Balaban J connectivity index is 2.97. The van der Waals surface area contributed by atoms with Gasteiger partial charge in [0.25, 0.3) is 0 Å². The van der Waals surface area contributed by atoms with Gasteiger partial charge in [0.15, 0.2) is 0 Å². The predicted molar refractivity (Wildman–Crippen MR) is 83.3 cm³/mol. The summed E-state index contributed by atoms with van der Waals surface area (Å²) in [4.78, 5) is 2.34. The number of ether oxygens (including phenoxy) is 1. The van der Waals surface area contributed by atoms with Gasteiger partial charge in [-0.2, -0.15) is 0 Å². The molecule has 1 atom stereocenters. The van der Waals surface area contributed by atoms with E-state index < -0.39 is 0 Å². The van der Waals surface area contributed by atoms with E-state index in [1.54, 1.807) is 7.11 Å². The highest BCUT2D eigenvalue weighted by atomic mass is 16.5. The number of anilines is 1. The molecule has 0 heterocycles. The van der Waals surface area contributed by atoms with Gasteiger partial charge in [-0.05, 0) is 62.4 Å². The number of nitrogens with zero attached hydrogens (tertiary/aromatic N) is 1. The van der Waals surface area contributed by atoms with Crippen molar-refractivity contribution in [1.82, 2.24) is 0 Å². The molecule has 2 N–H and O–H groups in total. The number of methoxy groups -OCH3 is 1. The summed E-state index contributed by atoms with van der Waals surface area (Å²) in [5.41, 5.74) is 10.8. The summed E-state index contributed by atoms with van der Waals surface area (Å²) in [5, 5.41) is 0. The van der Waals surface area contributed by atoms with E-state index in [4.69, 9.17) is 10.5 Å². The molecule has 0 aliphatic rings. The third kappa shape index (κ3) is 3.63. The topological polar surface area (TPSA) is 38.5 Å². The van der Waals surface area contributed by atoms with Gasteiger partial charge in [0.2, 0.25) is 0 Å². The Morgan fingerprint density at radius 1 is 1.26 bits per heavy atom. The smallest absolute Gasteiger partial charge is 0.122 e. The zero-order chi connectivity index (χ0) is 14.6. The van der Waals surface area contributed by atoms with E-state index in [2.05, 4.69) is 45.7 Å². The molecule has 108 valence electrons. The van der Waals surface area contributed by atoms with Crippen molar-refractivity contribution in [2.75, 3.05) is 32.1 Å². The summed E-state index contributed by atoms with van der Waals surface area (Å²) < 4.78 is 5.42. The van der Waals surface area contributed by atoms with Crippen molar-refractivity contribution in [3.8, 4) is 5.75 Å². The summed E-state index contributed by atoms with van der Waals surface area (Å²) in [7, 11) is 3.89. The zero-order valence-corrected chi connectivity index (χ0v) is 13.2. The molecule has 0 fully saturated rings. The van der Waals surface area contributed by atoms with Crippen LogP contribution in [0.25, 0.3) is 0 Å². The number of nitrogens with two attached hydrogens (primary N) is 1. The van der Waals surface area contributed by atoms with Crippen LogP contribution in [0.2, 0.25) is 0 Å². The molecular formula is C16H28N2O. The fraction of sp³-hybridized carbons (Fsp3) is 0.625. The summed E-state index contributed by atoms with van der Waals surface area (Å²) in [6, 6.07) is 2.13. The molecule has 0 radical (unpaired) electrons. The second-order valence-corrected chi connectivity index (χ2v) is 5.55. The molecule has 0 saturated heterocycles. The molecule has 19 heavy (non-hydrogen) atoms. The Bertz CT molecular complexity index is 429. The van der Waals surface area contributed by atoms with Gasteiger partial charge < -0.3 is 15.4 Å². The highest BCUT2D eigenvalue weighted by Gasteiger charge is 2.14. The maximum atomic E-state index is 5.68. The van der Waals surface area contributed by atoms with Crippen LogP contribution in [0.1, 0.15) is 30.0 Å². The van der Waals surface area contributed by atoms with Gasteiger partial charge in [0.05, 0.1) is 7.11 Å². The highest BCUT2D eigenvalue weighted by molar-refractivity contribution is 5.64. The van der Waals surface area contributed by atoms with E-state index in [0.29, 0.717) is 5.92 Å². The first-order valence-corrected chi connectivity index (χ1v) is 6.98. The number of rotatable bonds is 6. The lowest BCUT2D eigenvalue weighted by atomic mass is 10.0. The first-order chi connectivity index (χ1) is 8.92. The van der Waals surface area contributed by atoms with Crippen molar-refractivity contribution in [2.24, 2.45) is 11.7 Å². The third-order valence-corrected chi connectivity index (χ3v) is 3.97. The molecule has 0 aromatic heterocycles. The Labute approximate surface area is 117 Å². The van der Waals surface area contributed by atoms with E-state index in [1.807, 2.05) is 0 Å². The summed E-state index contributed by atoms with van der Waals surface area (Å²) in [5.74, 6) is 1.55. The van der Waals surface area contributed by atoms with Crippen LogP contribution in [0.3, 0.4) is 0 Å². The highest BCUT2D eigenvalue weighted by Crippen LogP contribution is 2.33. The number of hydrogen-bond acceptors (Lipinski definition) is 3.